The highest BCUT2D eigenvalue weighted by atomic mass is 35.5. The average Bonchev–Trinajstić information content (AvgIpc) is 2.50. The maximum absolute atomic E-state index is 12.4. The Morgan fingerprint density at radius 3 is 2.59 bits per heavy atom. The van der Waals surface area contributed by atoms with Crippen LogP contribution < -0.4 is 11.1 Å². The molecule has 1 aromatic rings. The summed E-state index contributed by atoms with van der Waals surface area (Å²) in [6.45, 7) is 6.51. The molecule has 0 bridgehead atoms. The standard InChI is InChI=1S/C17H26N2O2.ClH/c1-13-3-4-15(14(2)11-13)5-8-19-16(20)17(12-18)6-9-21-10-7-17;/h3-4,11H,5-10,12,18H2,1-2H3,(H,19,20);1H. The van der Waals surface area contributed by atoms with Gasteiger partial charge in [-0.1, -0.05) is 23.8 Å². The Bertz CT molecular complexity index is 499. The maximum atomic E-state index is 12.4. The molecule has 1 aliphatic heterocycles. The van der Waals surface area contributed by atoms with Gasteiger partial charge in [0.15, 0.2) is 0 Å². The summed E-state index contributed by atoms with van der Waals surface area (Å²) in [5, 5.41) is 3.06. The first-order valence-corrected chi connectivity index (χ1v) is 7.70. The van der Waals surface area contributed by atoms with E-state index in [1.807, 2.05) is 0 Å². The Morgan fingerprint density at radius 2 is 2.00 bits per heavy atom. The van der Waals surface area contributed by atoms with Crippen molar-refractivity contribution >= 4 is 18.3 Å². The minimum Gasteiger partial charge on any atom is -0.381 e. The number of benzene rings is 1. The molecular weight excluding hydrogens is 300 g/mol. The Balaban J connectivity index is 0.00000242. The van der Waals surface area contributed by atoms with Crippen LogP contribution in [0.15, 0.2) is 18.2 Å². The first kappa shape index (κ1) is 18.9. The molecule has 0 aliphatic carbocycles. The summed E-state index contributed by atoms with van der Waals surface area (Å²) in [4.78, 5) is 12.4. The Morgan fingerprint density at radius 1 is 1.32 bits per heavy atom. The molecule has 0 saturated carbocycles. The van der Waals surface area contributed by atoms with Gasteiger partial charge in [-0.15, -0.1) is 12.4 Å². The molecule has 1 amide bonds. The van der Waals surface area contributed by atoms with Crippen LogP contribution in [-0.2, 0) is 16.0 Å². The molecule has 124 valence electrons. The van der Waals surface area contributed by atoms with Crippen LogP contribution in [0.3, 0.4) is 0 Å². The summed E-state index contributed by atoms with van der Waals surface area (Å²) in [6.07, 6.45) is 2.30. The summed E-state index contributed by atoms with van der Waals surface area (Å²) in [6, 6.07) is 6.44. The lowest BCUT2D eigenvalue weighted by Crippen LogP contribution is -2.49. The van der Waals surface area contributed by atoms with Crippen LogP contribution >= 0.6 is 12.4 Å². The van der Waals surface area contributed by atoms with E-state index < -0.39 is 5.41 Å². The van der Waals surface area contributed by atoms with E-state index >= 15 is 0 Å². The fourth-order valence-electron chi connectivity index (χ4n) is 2.91. The Kier molecular flexibility index (Phi) is 7.33. The molecular formula is C17H27ClN2O2. The SMILES string of the molecule is Cc1ccc(CCNC(=O)C2(CN)CCOCC2)c(C)c1.Cl. The third-order valence-electron chi connectivity index (χ3n) is 4.50. The smallest absolute Gasteiger partial charge is 0.227 e. The highest BCUT2D eigenvalue weighted by Gasteiger charge is 2.38. The second kappa shape index (κ2) is 8.51. The van der Waals surface area contributed by atoms with E-state index in [1.165, 1.54) is 16.7 Å². The third-order valence-corrected chi connectivity index (χ3v) is 4.50. The fraction of sp³-hybridized carbons (Fsp3) is 0.588. The topological polar surface area (TPSA) is 64.4 Å². The van der Waals surface area contributed by atoms with E-state index in [-0.39, 0.29) is 18.3 Å². The van der Waals surface area contributed by atoms with Gasteiger partial charge in [0.05, 0.1) is 5.41 Å². The van der Waals surface area contributed by atoms with Crippen LogP contribution in [0.5, 0.6) is 0 Å². The molecule has 0 atom stereocenters. The average molecular weight is 327 g/mol. The normalized spacial score (nSPS) is 16.7. The molecule has 5 heteroatoms. The zero-order valence-corrected chi connectivity index (χ0v) is 14.3. The first-order valence-electron chi connectivity index (χ1n) is 7.70. The van der Waals surface area contributed by atoms with Gasteiger partial charge < -0.3 is 15.8 Å². The summed E-state index contributed by atoms with van der Waals surface area (Å²) in [5.41, 5.74) is 9.25. The monoisotopic (exact) mass is 326 g/mol. The number of carbonyl (C=O) groups excluding carboxylic acids is 1. The van der Waals surface area contributed by atoms with Gasteiger partial charge in [0.25, 0.3) is 0 Å². The zero-order valence-electron chi connectivity index (χ0n) is 13.5. The van der Waals surface area contributed by atoms with Crippen LogP contribution in [0, 0.1) is 19.3 Å². The molecule has 1 heterocycles. The first-order chi connectivity index (χ1) is 10.1. The fourth-order valence-corrected chi connectivity index (χ4v) is 2.91. The molecule has 22 heavy (non-hydrogen) atoms. The van der Waals surface area contributed by atoms with E-state index in [2.05, 4.69) is 37.4 Å². The second-order valence-corrected chi connectivity index (χ2v) is 6.03. The number of ether oxygens (including phenoxy) is 1. The molecule has 1 saturated heterocycles. The zero-order chi connectivity index (χ0) is 15.3. The number of aryl methyl sites for hydroxylation is 2. The molecule has 2 rings (SSSR count). The van der Waals surface area contributed by atoms with Gasteiger partial charge in [-0.05, 0) is 44.2 Å². The summed E-state index contributed by atoms with van der Waals surface area (Å²) < 4.78 is 5.34. The lowest BCUT2D eigenvalue weighted by Gasteiger charge is -2.34. The minimum atomic E-state index is -0.430. The lowest BCUT2D eigenvalue weighted by atomic mass is 9.79. The van der Waals surface area contributed by atoms with Gasteiger partial charge in [-0.25, -0.2) is 0 Å². The predicted octanol–water partition coefficient (Wildman–Crippen LogP) is 2.14. The van der Waals surface area contributed by atoms with Crippen LogP contribution in [0.1, 0.15) is 29.5 Å². The molecule has 0 unspecified atom stereocenters. The molecule has 1 fully saturated rings. The number of halogens is 1. The number of hydrogen-bond donors (Lipinski definition) is 2. The van der Waals surface area contributed by atoms with Gasteiger partial charge in [-0.2, -0.15) is 0 Å². The van der Waals surface area contributed by atoms with Crippen molar-refractivity contribution in [1.29, 1.82) is 0 Å². The molecule has 1 aromatic carbocycles. The molecule has 0 radical (unpaired) electrons. The van der Waals surface area contributed by atoms with E-state index in [0.29, 0.717) is 26.3 Å². The maximum Gasteiger partial charge on any atom is 0.227 e. The van der Waals surface area contributed by atoms with E-state index in [9.17, 15) is 4.79 Å². The molecule has 0 spiro atoms. The van der Waals surface area contributed by atoms with Gasteiger partial charge in [0.2, 0.25) is 5.91 Å². The molecule has 4 nitrogen and oxygen atoms in total. The van der Waals surface area contributed by atoms with Crippen molar-refractivity contribution in [1.82, 2.24) is 5.32 Å². The lowest BCUT2D eigenvalue weighted by molar-refractivity contribution is -0.135. The number of rotatable bonds is 5. The summed E-state index contributed by atoms with van der Waals surface area (Å²) in [5.74, 6) is 0.0815. The van der Waals surface area contributed by atoms with Crippen molar-refractivity contribution in [2.75, 3.05) is 26.3 Å². The number of amides is 1. The third kappa shape index (κ3) is 4.45. The Hall–Kier alpha value is -1.10. The van der Waals surface area contributed by atoms with Crippen molar-refractivity contribution in [3.63, 3.8) is 0 Å². The molecule has 3 N–H and O–H groups in total. The Labute approximate surface area is 139 Å². The molecule has 1 aliphatic rings. The van der Waals surface area contributed by atoms with Crippen molar-refractivity contribution in [3.05, 3.63) is 34.9 Å². The van der Waals surface area contributed by atoms with Gasteiger partial charge >= 0.3 is 0 Å². The van der Waals surface area contributed by atoms with Crippen LogP contribution in [0.4, 0.5) is 0 Å². The molecule has 0 aromatic heterocycles. The number of hydrogen-bond acceptors (Lipinski definition) is 3. The number of carbonyl (C=O) groups is 1. The van der Waals surface area contributed by atoms with Crippen LogP contribution in [0.25, 0.3) is 0 Å². The van der Waals surface area contributed by atoms with Crippen molar-refractivity contribution in [2.24, 2.45) is 11.1 Å². The van der Waals surface area contributed by atoms with Gasteiger partial charge in [0.1, 0.15) is 0 Å². The van der Waals surface area contributed by atoms with Gasteiger partial charge in [-0.3, -0.25) is 4.79 Å². The van der Waals surface area contributed by atoms with E-state index in [0.717, 1.165) is 19.3 Å². The number of nitrogens with two attached hydrogens (primary N) is 1. The number of nitrogens with one attached hydrogen (secondary N) is 1. The highest BCUT2D eigenvalue weighted by Crippen LogP contribution is 2.29. The van der Waals surface area contributed by atoms with Crippen LogP contribution in [-0.4, -0.2) is 32.2 Å². The van der Waals surface area contributed by atoms with Crippen LogP contribution in [0.2, 0.25) is 0 Å². The van der Waals surface area contributed by atoms with E-state index in [1.54, 1.807) is 0 Å². The van der Waals surface area contributed by atoms with Crippen molar-refractivity contribution < 1.29 is 9.53 Å². The summed E-state index contributed by atoms with van der Waals surface area (Å²) >= 11 is 0. The highest BCUT2D eigenvalue weighted by molar-refractivity contribution is 5.85. The van der Waals surface area contributed by atoms with Crippen molar-refractivity contribution in [3.8, 4) is 0 Å². The minimum absolute atomic E-state index is 0. The summed E-state index contributed by atoms with van der Waals surface area (Å²) in [7, 11) is 0. The predicted molar refractivity (Wildman–Crippen MR) is 91.4 cm³/mol. The van der Waals surface area contributed by atoms with Gasteiger partial charge in [0, 0.05) is 26.3 Å². The largest absolute Gasteiger partial charge is 0.381 e. The van der Waals surface area contributed by atoms with E-state index in [4.69, 9.17) is 10.5 Å². The van der Waals surface area contributed by atoms with Crippen molar-refractivity contribution in [2.45, 2.75) is 33.1 Å². The second-order valence-electron chi connectivity index (χ2n) is 6.03. The quantitative estimate of drug-likeness (QED) is 0.871.